The summed E-state index contributed by atoms with van der Waals surface area (Å²) in [6, 6.07) is 4.74. The predicted molar refractivity (Wildman–Crippen MR) is 82.2 cm³/mol. The van der Waals surface area contributed by atoms with Crippen molar-refractivity contribution in [1.82, 2.24) is 9.55 Å². The van der Waals surface area contributed by atoms with Gasteiger partial charge in [0, 0.05) is 12.1 Å². The fourth-order valence-electron chi connectivity index (χ4n) is 2.97. The molecule has 21 heavy (non-hydrogen) atoms. The molecule has 1 aromatic heterocycles. The molecule has 0 unspecified atom stereocenters. The third kappa shape index (κ3) is 2.14. The Morgan fingerprint density at radius 1 is 1.38 bits per heavy atom. The molecular weight excluding hydrogens is 266 g/mol. The zero-order chi connectivity index (χ0) is 15.1. The van der Waals surface area contributed by atoms with Crippen LogP contribution in [0.15, 0.2) is 35.1 Å². The number of rotatable bonds is 1. The number of aryl methyl sites for hydroxylation is 1. The van der Waals surface area contributed by atoms with Crippen molar-refractivity contribution in [3.8, 4) is 0 Å². The Kier molecular flexibility index (Phi) is 3.12. The molecule has 1 aliphatic rings. The molecule has 1 aromatic carbocycles. The Morgan fingerprint density at radius 3 is 2.86 bits per heavy atom. The molecule has 0 saturated heterocycles. The van der Waals surface area contributed by atoms with Gasteiger partial charge in [-0.05, 0) is 31.9 Å². The summed E-state index contributed by atoms with van der Waals surface area (Å²) in [5.41, 5.74) is 7.57. The average molecular weight is 283 g/mol. The van der Waals surface area contributed by atoms with Gasteiger partial charge in [-0.25, -0.2) is 4.98 Å². The van der Waals surface area contributed by atoms with Gasteiger partial charge in [0.15, 0.2) is 5.78 Å². The highest BCUT2D eigenvalue weighted by Crippen LogP contribution is 2.28. The number of aromatic nitrogens is 2. The second kappa shape index (κ2) is 4.84. The van der Waals surface area contributed by atoms with Gasteiger partial charge in [-0.1, -0.05) is 18.2 Å². The standard InChI is InChI=1S/C16H17N3O2/c1-9-6-7-13(14(20)8-9)19-10(2)18-12-5-3-4-11(17)15(12)16(19)21/h3-5,13H,1,6-8,17H2,2H3/t13-/m0/s1. The molecule has 108 valence electrons. The summed E-state index contributed by atoms with van der Waals surface area (Å²) in [7, 11) is 0. The SMILES string of the molecule is C=C1CC[C@H](n2c(C)nc3cccc(N)c3c2=O)C(=O)C1. The Labute approximate surface area is 122 Å². The molecule has 0 amide bonds. The van der Waals surface area contributed by atoms with Crippen molar-refractivity contribution in [1.29, 1.82) is 0 Å². The molecule has 5 nitrogen and oxygen atoms in total. The minimum atomic E-state index is -0.459. The highest BCUT2D eigenvalue weighted by Gasteiger charge is 2.28. The molecule has 0 bridgehead atoms. The number of carbonyl (C=O) groups is 1. The number of nitrogens with zero attached hydrogens (tertiary/aromatic N) is 2. The van der Waals surface area contributed by atoms with Gasteiger partial charge < -0.3 is 5.73 Å². The van der Waals surface area contributed by atoms with E-state index in [0.717, 1.165) is 12.0 Å². The van der Waals surface area contributed by atoms with E-state index in [1.807, 2.05) is 0 Å². The van der Waals surface area contributed by atoms with E-state index < -0.39 is 6.04 Å². The number of Topliss-reactive ketones (excluding diaryl/α,β-unsaturated/α-hetero) is 1. The fraction of sp³-hybridized carbons (Fsp3) is 0.312. The largest absolute Gasteiger partial charge is 0.398 e. The summed E-state index contributed by atoms with van der Waals surface area (Å²) >= 11 is 0. The summed E-state index contributed by atoms with van der Waals surface area (Å²) < 4.78 is 1.49. The van der Waals surface area contributed by atoms with E-state index in [9.17, 15) is 9.59 Å². The lowest BCUT2D eigenvalue weighted by molar-refractivity contribution is -0.122. The van der Waals surface area contributed by atoms with Crippen LogP contribution >= 0.6 is 0 Å². The molecule has 1 fully saturated rings. The van der Waals surface area contributed by atoms with Crippen molar-refractivity contribution in [3.63, 3.8) is 0 Å². The van der Waals surface area contributed by atoms with E-state index >= 15 is 0 Å². The zero-order valence-corrected chi connectivity index (χ0v) is 11.9. The monoisotopic (exact) mass is 283 g/mol. The maximum atomic E-state index is 12.8. The number of carbonyl (C=O) groups excluding carboxylic acids is 1. The molecule has 1 heterocycles. The van der Waals surface area contributed by atoms with Gasteiger partial charge in [0.05, 0.1) is 16.9 Å². The number of benzene rings is 1. The van der Waals surface area contributed by atoms with Gasteiger partial charge in [-0.3, -0.25) is 14.2 Å². The van der Waals surface area contributed by atoms with Gasteiger partial charge in [-0.2, -0.15) is 0 Å². The van der Waals surface area contributed by atoms with Crippen LogP contribution in [-0.2, 0) is 4.79 Å². The van der Waals surface area contributed by atoms with Crippen LogP contribution in [0, 0.1) is 6.92 Å². The van der Waals surface area contributed by atoms with Crippen molar-refractivity contribution >= 4 is 22.4 Å². The van der Waals surface area contributed by atoms with E-state index in [1.165, 1.54) is 4.57 Å². The molecule has 0 aliphatic heterocycles. The van der Waals surface area contributed by atoms with Crippen LogP contribution in [0.3, 0.4) is 0 Å². The van der Waals surface area contributed by atoms with Crippen molar-refractivity contribution in [2.24, 2.45) is 0 Å². The molecule has 2 aromatic rings. The van der Waals surface area contributed by atoms with Gasteiger partial charge in [0.2, 0.25) is 0 Å². The predicted octanol–water partition coefficient (Wildman–Crippen LogP) is 2.14. The van der Waals surface area contributed by atoms with Crippen LogP contribution in [-0.4, -0.2) is 15.3 Å². The minimum absolute atomic E-state index is 0.0205. The highest BCUT2D eigenvalue weighted by molar-refractivity contribution is 5.90. The molecule has 1 atom stereocenters. The second-order valence-corrected chi connectivity index (χ2v) is 5.52. The van der Waals surface area contributed by atoms with Crippen LogP contribution in [0.4, 0.5) is 5.69 Å². The van der Waals surface area contributed by atoms with Crippen LogP contribution in [0.1, 0.15) is 31.1 Å². The first-order chi connectivity index (χ1) is 9.99. The molecule has 2 N–H and O–H groups in total. The number of fused-ring (bicyclic) bond motifs is 1. The van der Waals surface area contributed by atoms with Crippen molar-refractivity contribution in [2.45, 2.75) is 32.2 Å². The molecule has 0 spiro atoms. The molecule has 0 radical (unpaired) electrons. The minimum Gasteiger partial charge on any atom is -0.398 e. The molecule has 3 rings (SSSR count). The normalized spacial score (nSPS) is 19.2. The van der Waals surface area contributed by atoms with E-state index in [0.29, 0.717) is 35.3 Å². The van der Waals surface area contributed by atoms with E-state index in [1.54, 1.807) is 25.1 Å². The average Bonchev–Trinajstić information content (AvgIpc) is 2.40. The van der Waals surface area contributed by atoms with Crippen molar-refractivity contribution < 1.29 is 4.79 Å². The van der Waals surface area contributed by atoms with Crippen molar-refractivity contribution in [3.05, 3.63) is 46.5 Å². The lowest BCUT2D eigenvalue weighted by Crippen LogP contribution is -2.34. The number of hydrogen-bond acceptors (Lipinski definition) is 4. The Morgan fingerprint density at radius 2 is 2.14 bits per heavy atom. The van der Waals surface area contributed by atoms with Crippen LogP contribution in [0.25, 0.3) is 10.9 Å². The van der Waals surface area contributed by atoms with Crippen LogP contribution in [0.5, 0.6) is 0 Å². The quantitative estimate of drug-likeness (QED) is 0.642. The smallest absolute Gasteiger partial charge is 0.264 e. The van der Waals surface area contributed by atoms with Crippen LogP contribution in [0.2, 0.25) is 0 Å². The topological polar surface area (TPSA) is 78.0 Å². The Bertz CT molecular complexity index is 820. The van der Waals surface area contributed by atoms with E-state index in [2.05, 4.69) is 11.6 Å². The summed E-state index contributed by atoms with van der Waals surface area (Å²) in [5.74, 6) is 0.566. The molecule has 1 aliphatic carbocycles. The second-order valence-electron chi connectivity index (χ2n) is 5.52. The first-order valence-corrected chi connectivity index (χ1v) is 6.95. The van der Waals surface area contributed by atoms with E-state index in [-0.39, 0.29) is 11.3 Å². The molecule has 5 heteroatoms. The third-order valence-electron chi connectivity index (χ3n) is 4.02. The van der Waals surface area contributed by atoms with Gasteiger partial charge in [0.25, 0.3) is 5.56 Å². The summed E-state index contributed by atoms with van der Waals surface area (Å²) in [4.78, 5) is 29.5. The highest BCUT2D eigenvalue weighted by atomic mass is 16.1. The number of hydrogen-bond donors (Lipinski definition) is 1. The lowest BCUT2D eigenvalue weighted by Gasteiger charge is -2.25. The molecule has 1 saturated carbocycles. The number of nitrogens with two attached hydrogens (primary N) is 1. The summed E-state index contributed by atoms with van der Waals surface area (Å²) in [6.07, 6.45) is 1.68. The lowest BCUT2D eigenvalue weighted by atomic mass is 9.90. The fourth-order valence-corrected chi connectivity index (χ4v) is 2.97. The summed E-state index contributed by atoms with van der Waals surface area (Å²) in [5, 5.41) is 0.389. The van der Waals surface area contributed by atoms with Gasteiger partial charge in [0.1, 0.15) is 5.82 Å². The maximum absolute atomic E-state index is 12.8. The number of ketones is 1. The Balaban J connectivity index is 2.24. The van der Waals surface area contributed by atoms with E-state index in [4.69, 9.17) is 5.73 Å². The third-order valence-corrected chi connectivity index (χ3v) is 4.02. The number of allylic oxidation sites excluding steroid dienone is 1. The summed E-state index contributed by atoms with van der Waals surface area (Å²) in [6.45, 7) is 5.61. The first kappa shape index (κ1) is 13.5. The first-order valence-electron chi connectivity index (χ1n) is 6.95. The van der Waals surface area contributed by atoms with Crippen LogP contribution < -0.4 is 11.3 Å². The van der Waals surface area contributed by atoms with Crippen molar-refractivity contribution in [2.75, 3.05) is 5.73 Å². The maximum Gasteiger partial charge on any atom is 0.264 e. The number of nitrogen functional groups attached to an aromatic ring is 1. The number of anilines is 1. The zero-order valence-electron chi connectivity index (χ0n) is 11.9. The van der Waals surface area contributed by atoms with Gasteiger partial charge >= 0.3 is 0 Å². The van der Waals surface area contributed by atoms with Gasteiger partial charge in [-0.15, -0.1) is 0 Å². The Hall–Kier alpha value is -2.43. The molecular formula is C16H17N3O2.